The van der Waals surface area contributed by atoms with Gasteiger partial charge in [0, 0.05) is 12.2 Å². The number of sulfonamides is 1. The highest BCUT2D eigenvalue weighted by atomic mass is 32.2. The normalized spacial score (nSPS) is 12.8. The molecule has 0 saturated carbocycles. The molecule has 11 heavy (non-hydrogen) atoms. The third kappa shape index (κ3) is 3.41. The lowest BCUT2D eigenvalue weighted by Crippen LogP contribution is -2.30. The van der Waals surface area contributed by atoms with Gasteiger partial charge in [-0.2, -0.15) is 0 Å². The van der Waals surface area contributed by atoms with E-state index in [0.717, 1.165) is 0 Å². The summed E-state index contributed by atoms with van der Waals surface area (Å²) < 4.78 is 23.4. The topological polar surface area (TPSA) is 37.4 Å². The van der Waals surface area contributed by atoms with Crippen LogP contribution in [-0.2, 0) is 10.0 Å². The first-order valence-electron chi connectivity index (χ1n) is 3.51. The predicted octanol–water partition coefficient (Wildman–Crippen LogP) is 1.19. The molecule has 0 fully saturated rings. The third-order valence-electron chi connectivity index (χ3n) is 1.19. The molecular formula is C7H15NO2S. The molecule has 0 amide bonds. The summed E-state index contributed by atoms with van der Waals surface area (Å²) in [7, 11) is -3.08. The maximum Gasteiger partial charge on any atom is 0.231 e. The highest BCUT2D eigenvalue weighted by molar-refractivity contribution is 7.88. The Kier molecular flexibility index (Phi) is 3.58. The van der Waals surface area contributed by atoms with Crippen molar-refractivity contribution in [2.75, 3.05) is 6.26 Å². The highest BCUT2D eigenvalue weighted by Gasteiger charge is 2.14. The molecular weight excluding hydrogens is 162 g/mol. The molecule has 66 valence electrons. The monoisotopic (exact) mass is 177 g/mol. The molecule has 0 N–H and O–H groups in total. The van der Waals surface area contributed by atoms with Crippen LogP contribution < -0.4 is 0 Å². The van der Waals surface area contributed by atoms with Crippen LogP contribution in [0.3, 0.4) is 0 Å². The van der Waals surface area contributed by atoms with Crippen molar-refractivity contribution >= 4 is 10.0 Å². The zero-order valence-electron chi connectivity index (χ0n) is 7.40. The fourth-order valence-electron chi connectivity index (χ4n) is 0.813. The van der Waals surface area contributed by atoms with Gasteiger partial charge in [-0.25, -0.2) is 8.42 Å². The van der Waals surface area contributed by atoms with E-state index in [1.807, 2.05) is 13.8 Å². The average molecular weight is 177 g/mol. The lowest BCUT2D eigenvalue weighted by molar-refractivity contribution is 0.446. The van der Waals surface area contributed by atoms with Crippen molar-refractivity contribution in [1.82, 2.24) is 4.31 Å². The van der Waals surface area contributed by atoms with Crippen LogP contribution in [0.1, 0.15) is 20.8 Å². The van der Waals surface area contributed by atoms with Gasteiger partial charge in [-0.3, -0.25) is 4.31 Å². The van der Waals surface area contributed by atoms with E-state index >= 15 is 0 Å². The van der Waals surface area contributed by atoms with Gasteiger partial charge >= 0.3 is 0 Å². The maximum atomic E-state index is 11.0. The molecule has 0 aromatic carbocycles. The Morgan fingerprint density at radius 3 is 1.91 bits per heavy atom. The standard InChI is InChI=1S/C7H15NO2S/c1-5-6-8(7(2)3)11(4,9)10/h5-7H,1-4H3/b6-5-. The molecule has 0 bridgehead atoms. The van der Waals surface area contributed by atoms with E-state index in [1.54, 1.807) is 19.2 Å². The fourth-order valence-corrected chi connectivity index (χ4v) is 1.92. The minimum absolute atomic E-state index is 0.0128. The van der Waals surface area contributed by atoms with Gasteiger partial charge in [0.25, 0.3) is 0 Å². The Hall–Kier alpha value is -0.510. The van der Waals surface area contributed by atoms with Gasteiger partial charge < -0.3 is 0 Å². The second-order valence-corrected chi connectivity index (χ2v) is 4.56. The molecule has 0 aliphatic heterocycles. The van der Waals surface area contributed by atoms with E-state index in [1.165, 1.54) is 10.6 Å². The molecule has 0 aliphatic carbocycles. The number of allylic oxidation sites excluding steroid dienone is 1. The minimum Gasteiger partial charge on any atom is -0.275 e. The van der Waals surface area contributed by atoms with Gasteiger partial charge in [0.2, 0.25) is 10.0 Å². The third-order valence-corrected chi connectivity index (χ3v) is 2.50. The second kappa shape index (κ2) is 3.76. The highest BCUT2D eigenvalue weighted by Crippen LogP contribution is 2.04. The molecule has 0 atom stereocenters. The SMILES string of the molecule is C/C=C\N(C(C)C)S(C)(=O)=O. The molecule has 0 heterocycles. The molecule has 0 aromatic heterocycles. The first-order valence-corrected chi connectivity index (χ1v) is 5.35. The summed E-state index contributed by atoms with van der Waals surface area (Å²) in [4.78, 5) is 0. The van der Waals surface area contributed by atoms with Crippen LogP contribution >= 0.6 is 0 Å². The van der Waals surface area contributed by atoms with Gasteiger partial charge in [-0.1, -0.05) is 6.08 Å². The maximum absolute atomic E-state index is 11.0. The van der Waals surface area contributed by atoms with Crippen LogP contribution in [0.15, 0.2) is 12.3 Å². The van der Waals surface area contributed by atoms with E-state index in [9.17, 15) is 8.42 Å². The smallest absolute Gasteiger partial charge is 0.231 e. The zero-order valence-corrected chi connectivity index (χ0v) is 8.22. The summed E-state index contributed by atoms with van der Waals surface area (Å²) in [6.45, 7) is 5.46. The van der Waals surface area contributed by atoms with Crippen LogP contribution in [0.4, 0.5) is 0 Å². The lowest BCUT2D eigenvalue weighted by Gasteiger charge is -2.21. The van der Waals surface area contributed by atoms with Crippen molar-refractivity contribution in [3.05, 3.63) is 12.3 Å². The van der Waals surface area contributed by atoms with E-state index in [-0.39, 0.29) is 6.04 Å². The predicted molar refractivity (Wildman–Crippen MR) is 46.6 cm³/mol. The summed E-state index contributed by atoms with van der Waals surface area (Å²) in [5, 5.41) is 0. The largest absolute Gasteiger partial charge is 0.275 e. The van der Waals surface area contributed by atoms with Crippen LogP contribution in [0.25, 0.3) is 0 Å². The molecule has 0 aromatic rings. The first-order chi connectivity index (χ1) is 4.89. The minimum atomic E-state index is -3.08. The second-order valence-electron chi connectivity index (χ2n) is 2.67. The van der Waals surface area contributed by atoms with Crippen molar-refractivity contribution in [1.29, 1.82) is 0 Å². The molecule has 0 rings (SSSR count). The van der Waals surface area contributed by atoms with Crippen LogP contribution in [0.5, 0.6) is 0 Å². The Morgan fingerprint density at radius 1 is 1.36 bits per heavy atom. The summed E-state index contributed by atoms with van der Waals surface area (Å²) in [5.74, 6) is 0. The quantitative estimate of drug-likeness (QED) is 0.649. The van der Waals surface area contributed by atoms with Gasteiger partial charge in [-0.15, -0.1) is 0 Å². The molecule has 0 aliphatic rings. The molecule has 0 saturated heterocycles. The Labute approximate surface area is 68.8 Å². The zero-order chi connectivity index (χ0) is 9.07. The van der Waals surface area contributed by atoms with Crippen LogP contribution in [0, 0.1) is 0 Å². The summed E-state index contributed by atoms with van der Waals surface area (Å²) in [6, 6.07) is -0.0128. The Morgan fingerprint density at radius 2 is 1.82 bits per heavy atom. The van der Waals surface area contributed by atoms with Crippen molar-refractivity contribution in [2.45, 2.75) is 26.8 Å². The summed E-state index contributed by atoms with van der Waals surface area (Å²) in [6.07, 6.45) is 4.48. The van der Waals surface area contributed by atoms with Crippen molar-refractivity contribution in [2.24, 2.45) is 0 Å². The Bertz CT molecular complexity index is 229. The van der Waals surface area contributed by atoms with Crippen molar-refractivity contribution < 1.29 is 8.42 Å². The lowest BCUT2D eigenvalue weighted by atomic mass is 10.4. The van der Waals surface area contributed by atoms with E-state index < -0.39 is 10.0 Å². The van der Waals surface area contributed by atoms with E-state index in [2.05, 4.69) is 0 Å². The summed E-state index contributed by atoms with van der Waals surface area (Å²) in [5.41, 5.74) is 0. The summed E-state index contributed by atoms with van der Waals surface area (Å²) >= 11 is 0. The van der Waals surface area contributed by atoms with E-state index in [4.69, 9.17) is 0 Å². The van der Waals surface area contributed by atoms with E-state index in [0.29, 0.717) is 0 Å². The molecule has 3 nitrogen and oxygen atoms in total. The van der Waals surface area contributed by atoms with Gasteiger partial charge in [0.15, 0.2) is 0 Å². The van der Waals surface area contributed by atoms with Gasteiger partial charge in [0.05, 0.1) is 6.26 Å². The Balaban J connectivity index is 4.63. The number of hydrogen-bond donors (Lipinski definition) is 0. The van der Waals surface area contributed by atoms with Gasteiger partial charge in [0.1, 0.15) is 0 Å². The van der Waals surface area contributed by atoms with Crippen LogP contribution in [-0.4, -0.2) is 25.0 Å². The number of rotatable bonds is 3. The van der Waals surface area contributed by atoms with Crippen molar-refractivity contribution in [3.63, 3.8) is 0 Å². The average Bonchev–Trinajstić information content (AvgIpc) is 1.79. The fraction of sp³-hybridized carbons (Fsp3) is 0.714. The number of nitrogens with zero attached hydrogens (tertiary/aromatic N) is 1. The molecule has 0 radical (unpaired) electrons. The molecule has 4 heteroatoms. The molecule has 0 unspecified atom stereocenters. The number of hydrogen-bond acceptors (Lipinski definition) is 2. The van der Waals surface area contributed by atoms with Gasteiger partial charge in [-0.05, 0) is 20.8 Å². The molecule has 0 spiro atoms. The van der Waals surface area contributed by atoms with Crippen LogP contribution in [0.2, 0.25) is 0 Å². The first kappa shape index (κ1) is 10.5. The van der Waals surface area contributed by atoms with Crippen molar-refractivity contribution in [3.8, 4) is 0 Å².